The van der Waals surface area contributed by atoms with Crippen molar-refractivity contribution < 1.29 is 9.84 Å². The Morgan fingerprint density at radius 3 is 2.81 bits per heavy atom. The number of unbranched alkanes of at least 4 members (excludes halogenated alkanes) is 2. The highest BCUT2D eigenvalue weighted by Crippen LogP contribution is 2.22. The van der Waals surface area contributed by atoms with Crippen LogP contribution in [0.1, 0.15) is 38.7 Å². The molecule has 0 aliphatic rings. The van der Waals surface area contributed by atoms with Crippen molar-refractivity contribution in [1.29, 1.82) is 0 Å². The van der Waals surface area contributed by atoms with Crippen LogP contribution < -0.4 is 15.9 Å². The molecule has 5 N–H and O–H groups in total. The number of aliphatic imine (C=N–C) groups is 1. The monoisotopic (exact) mass is 359 g/mol. The van der Waals surface area contributed by atoms with Crippen molar-refractivity contribution >= 4 is 23.1 Å². The van der Waals surface area contributed by atoms with Crippen LogP contribution in [-0.4, -0.2) is 35.9 Å². The third-order valence-electron chi connectivity index (χ3n) is 3.35. The lowest BCUT2D eigenvalue weighted by atomic mass is 10.2. The summed E-state index contributed by atoms with van der Waals surface area (Å²) < 4.78 is 5.24. The van der Waals surface area contributed by atoms with E-state index in [1.54, 1.807) is 13.3 Å². The molecule has 0 aliphatic carbocycles. The molecule has 0 radical (unpaired) electrons. The molecule has 0 unspecified atom stereocenters. The Labute approximate surface area is 154 Å². The normalized spacial score (nSPS) is 11.3. The van der Waals surface area contributed by atoms with Crippen LogP contribution in [0.2, 0.25) is 0 Å². The summed E-state index contributed by atoms with van der Waals surface area (Å²) in [4.78, 5) is 7.40. The van der Waals surface area contributed by atoms with Gasteiger partial charge in [-0.25, -0.2) is 5.43 Å². The molecule has 0 amide bonds. The second-order valence-corrected chi connectivity index (χ2v) is 5.73. The second kappa shape index (κ2) is 11.6. The Balaban J connectivity index is 0.000000765. The van der Waals surface area contributed by atoms with Gasteiger partial charge in [0.15, 0.2) is 0 Å². The van der Waals surface area contributed by atoms with E-state index in [0.29, 0.717) is 5.96 Å². The van der Waals surface area contributed by atoms with Crippen molar-refractivity contribution in [2.45, 2.75) is 33.1 Å². The van der Waals surface area contributed by atoms with E-state index in [2.05, 4.69) is 34.0 Å². The Kier molecular flexibility index (Phi) is 9.38. The first kappa shape index (κ1) is 21.1. The number of aromatic amines is 1. The van der Waals surface area contributed by atoms with Gasteiger partial charge in [-0.1, -0.05) is 26.3 Å². The van der Waals surface area contributed by atoms with Crippen molar-refractivity contribution in [1.82, 2.24) is 10.4 Å². The molecule has 7 nitrogen and oxygen atoms in total. The Hall–Kier alpha value is -2.96. The van der Waals surface area contributed by atoms with Crippen LogP contribution in [0, 0.1) is 0 Å². The number of guanidine groups is 1. The van der Waals surface area contributed by atoms with Gasteiger partial charge in [0, 0.05) is 29.2 Å². The number of fused-ring (bicyclic) bond motifs is 1. The molecule has 0 saturated heterocycles. The van der Waals surface area contributed by atoms with Gasteiger partial charge < -0.3 is 20.6 Å². The SMILES string of the molecule is C=C(C)O.CCCCCN=C(N)N/N=C/c1c[nH]c2ccc(OC)cc12. The summed E-state index contributed by atoms with van der Waals surface area (Å²) in [5.74, 6) is 1.32. The van der Waals surface area contributed by atoms with Gasteiger partial charge in [-0.05, 0) is 31.5 Å². The zero-order valence-corrected chi connectivity index (χ0v) is 15.7. The number of hydrazone groups is 1. The van der Waals surface area contributed by atoms with E-state index in [9.17, 15) is 0 Å². The van der Waals surface area contributed by atoms with Crippen molar-refractivity contribution in [3.05, 3.63) is 42.3 Å². The van der Waals surface area contributed by atoms with Gasteiger partial charge in [0.05, 0.1) is 19.1 Å². The number of hydrogen-bond acceptors (Lipinski definition) is 4. The van der Waals surface area contributed by atoms with Crippen LogP contribution in [0.15, 0.2) is 46.8 Å². The number of methoxy groups -OCH3 is 1. The van der Waals surface area contributed by atoms with E-state index >= 15 is 0 Å². The van der Waals surface area contributed by atoms with Crippen LogP contribution in [0.4, 0.5) is 0 Å². The number of aliphatic hydroxyl groups excluding tert-OH is 1. The molecule has 1 heterocycles. The molecule has 0 aliphatic heterocycles. The average Bonchev–Trinajstić information content (AvgIpc) is 3.00. The van der Waals surface area contributed by atoms with Crippen LogP contribution in [-0.2, 0) is 0 Å². The van der Waals surface area contributed by atoms with Gasteiger partial charge >= 0.3 is 0 Å². The van der Waals surface area contributed by atoms with Gasteiger partial charge in [-0.2, -0.15) is 5.10 Å². The Bertz CT molecular complexity index is 745. The van der Waals surface area contributed by atoms with Gasteiger partial charge in [0.1, 0.15) is 5.75 Å². The number of ether oxygens (including phenoxy) is 1. The number of nitrogens with one attached hydrogen (secondary N) is 2. The predicted molar refractivity (Wildman–Crippen MR) is 109 cm³/mol. The molecule has 7 heteroatoms. The average molecular weight is 359 g/mol. The third kappa shape index (κ3) is 7.74. The smallest absolute Gasteiger partial charge is 0.209 e. The molecule has 0 fully saturated rings. The summed E-state index contributed by atoms with van der Waals surface area (Å²) in [6.45, 7) is 7.53. The van der Waals surface area contributed by atoms with Crippen LogP contribution in [0.25, 0.3) is 10.9 Å². The van der Waals surface area contributed by atoms with Crippen molar-refractivity contribution in [2.24, 2.45) is 15.8 Å². The Morgan fingerprint density at radius 2 is 2.15 bits per heavy atom. The van der Waals surface area contributed by atoms with E-state index in [0.717, 1.165) is 41.6 Å². The van der Waals surface area contributed by atoms with E-state index in [-0.39, 0.29) is 5.76 Å². The topological polar surface area (TPSA) is 108 Å². The quantitative estimate of drug-likeness (QED) is 0.199. The van der Waals surface area contributed by atoms with Gasteiger partial charge in [0.25, 0.3) is 0 Å². The number of nitrogens with zero attached hydrogens (tertiary/aromatic N) is 2. The molecule has 26 heavy (non-hydrogen) atoms. The van der Waals surface area contributed by atoms with E-state index in [4.69, 9.17) is 15.6 Å². The molecular formula is C19H29N5O2. The lowest BCUT2D eigenvalue weighted by molar-refractivity contribution is 0.415. The molecule has 1 aromatic heterocycles. The van der Waals surface area contributed by atoms with Crippen LogP contribution in [0.5, 0.6) is 5.75 Å². The molecular weight excluding hydrogens is 330 g/mol. The fourth-order valence-corrected chi connectivity index (χ4v) is 2.12. The minimum atomic E-state index is 0.167. The summed E-state index contributed by atoms with van der Waals surface area (Å²) in [7, 11) is 1.65. The fraction of sp³-hybridized carbons (Fsp3) is 0.368. The molecule has 0 bridgehead atoms. The van der Waals surface area contributed by atoms with E-state index in [1.807, 2.05) is 24.4 Å². The van der Waals surface area contributed by atoms with Gasteiger partial charge in [-0.15, -0.1) is 0 Å². The highest BCUT2D eigenvalue weighted by atomic mass is 16.5. The predicted octanol–water partition coefficient (Wildman–Crippen LogP) is 3.68. The third-order valence-corrected chi connectivity index (χ3v) is 3.35. The zero-order chi connectivity index (χ0) is 19.4. The van der Waals surface area contributed by atoms with Crippen molar-refractivity contribution in [3.8, 4) is 5.75 Å². The number of hydrogen-bond donors (Lipinski definition) is 4. The van der Waals surface area contributed by atoms with Crippen LogP contribution >= 0.6 is 0 Å². The number of aliphatic hydroxyl groups is 1. The number of benzene rings is 1. The maximum absolute atomic E-state index is 7.86. The lowest BCUT2D eigenvalue weighted by Crippen LogP contribution is -2.27. The number of nitrogens with two attached hydrogens (primary N) is 1. The number of aromatic nitrogens is 1. The molecule has 1 aromatic carbocycles. The van der Waals surface area contributed by atoms with E-state index < -0.39 is 0 Å². The lowest BCUT2D eigenvalue weighted by Gasteiger charge is -2.00. The summed E-state index contributed by atoms with van der Waals surface area (Å²) in [6, 6.07) is 5.86. The van der Waals surface area contributed by atoms with Crippen molar-refractivity contribution in [3.63, 3.8) is 0 Å². The summed E-state index contributed by atoms with van der Waals surface area (Å²) in [5, 5.41) is 13.0. The maximum atomic E-state index is 7.86. The summed E-state index contributed by atoms with van der Waals surface area (Å²) >= 11 is 0. The highest BCUT2D eigenvalue weighted by Gasteiger charge is 2.03. The first-order valence-electron chi connectivity index (χ1n) is 8.56. The number of H-pyrrole nitrogens is 1. The number of rotatable bonds is 7. The fourth-order valence-electron chi connectivity index (χ4n) is 2.12. The maximum Gasteiger partial charge on any atom is 0.209 e. The zero-order valence-electron chi connectivity index (χ0n) is 15.7. The first-order chi connectivity index (χ1) is 12.5. The standard InChI is InChI=1S/C16H23N5O.C3H6O/c1-3-4-5-8-18-16(17)21-20-11-12-10-19-15-7-6-13(22-2)9-14(12)15;1-3(2)4/h6-7,9-11,19H,3-5,8H2,1-2H3,(H3,17,18,21);4H,1H2,2H3/b20-11+;. The number of allylic oxidation sites excluding steroid dienone is 1. The second-order valence-electron chi connectivity index (χ2n) is 5.73. The Morgan fingerprint density at radius 1 is 1.42 bits per heavy atom. The van der Waals surface area contributed by atoms with E-state index in [1.165, 1.54) is 13.3 Å². The highest BCUT2D eigenvalue weighted by molar-refractivity contribution is 5.99. The molecule has 2 aromatic rings. The first-order valence-corrected chi connectivity index (χ1v) is 8.56. The molecule has 2 rings (SSSR count). The van der Waals surface area contributed by atoms with Gasteiger partial charge in [0.2, 0.25) is 5.96 Å². The summed E-state index contributed by atoms with van der Waals surface area (Å²) in [5.41, 5.74) is 10.5. The minimum absolute atomic E-state index is 0.167. The molecule has 0 saturated carbocycles. The summed E-state index contributed by atoms with van der Waals surface area (Å²) in [6.07, 6.45) is 6.99. The van der Waals surface area contributed by atoms with Crippen LogP contribution in [0.3, 0.4) is 0 Å². The molecule has 142 valence electrons. The van der Waals surface area contributed by atoms with Crippen molar-refractivity contribution in [2.75, 3.05) is 13.7 Å². The largest absolute Gasteiger partial charge is 0.513 e. The van der Waals surface area contributed by atoms with Gasteiger partial charge in [-0.3, -0.25) is 4.99 Å². The molecule has 0 spiro atoms. The minimum Gasteiger partial charge on any atom is -0.513 e. The molecule has 0 atom stereocenters.